The van der Waals surface area contributed by atoms with Gasteiger partial charge in [0.05, 0.1) is 0 Å². The molecular weight excluding hydrogens is 156 g/mol. The van der Waals surface area contributed by atoms with E-state index in [1.807, 2.05) is 0 Å². The summed E-state index contributed by atoms with van der Waals surface area (Å²) in [6, 6.07) is 6.55. The molecule has 0 fully saturated rings. The van der Waals surface area contributed by atoms with E-state index in [-0.39, 0.29) is 0 Å². The maximum Gasteiger partial charge on any atom is 0.250 e. The number of carbonyl (C=O) groups excluding carboxylic acids is 1. The minimum Gasteiger partial charge on any atom is -0.398 e. The molecule has 0 heterocycles. The number of amides is 1. The van der Waals surface area contributed by atoms with E-state index in [9.17, 15) is 9.90 Å². The molecule has 4 heteroatoms. The van der Waals surface area contributed by atoms with Gasteiger partial charge < -0.3 is 16.6 Å². The molecule has 0 saturated heterocycles. The number of anilines is 1. The third-order valence-electron chi connectivity index (χ3n) is 1.56. The van der Waals surface area contributed by atoms with Gasteiger partial charge in [-0.05, 0) is 6.07 Å². The predicted octanol–water partition coefficient (Wildman–Crippen LogP) is -0.213. The van der Waals surface area contributed by atoms with Crippen LogP contribution in [0.1, 0.15) is 11.7 Å². The fourth-order valence-corrected chi connectivity index (χ4v) is 0.913. The maximum atomic E-state index is 10.6. The van der Waals surface area contributed by atoms with Gasteiger partial charge in [0, 0.05) is 11.3 Å². The summed E-state index contributed by atoms with van der Waals surface area (Å²) in [5.41, 5.74) is 11.1. The smallest absolute Gasteiger partial charge is 0.250 e. The summed E-state index contributed by atoms with van der Waals surface area (Å²) in [6.07, 6.45) is -1.31. The average molecular weight is 166 g/mol. The second-order valence-corrected chi connectivity index (χ2v) is 2.43. The van der Waals surface area contributed by atoms with Gasteiger partial charge in [0.25, 0.3) is 5.91 Å². The van der Waals surface area contributed by atoms with Crippen molar-refractivity contribution in [3.63, 3.8) is 0 Å². The first-order valence-electron chi connectivity index (χ1n) is 3.44. The Morgan fingerprint density at radius 2 is 2.00 bits per heavy atom. The van der Waals surface area contributed by atoms with Crippen molar-refractivity contribution in [2.45, 2.75) is 6.10 Å². The fraction of sp³-hybridized carbons (Fsp3) is 0.125. The molecule has 1 rings (SSSR count). The first kappa shape index (κ1) is 8.55. The van der Waals surface area contributed by atoms with Crippen molar-refractivity contribution in [3.8, 4) is 0 Å². The normalized spacial score (nSPS) is 12.4. The number of nitrogens with two attached hydrogens (primary N) is 2. The van der Waals surface area contributed by atoms with Crippen LogP contribution >= 0.6 is 0 Å². The highest BCUT2D eigenvalue weighted by Crippen LogP contribution is 2.18. The number of rotatable bonds is 2. The van der Waals surface area contributed by atoms with Crippen LogP contribution < -0.4 is 11.5 Å². The Balaban J connectivity index is 3.02. The largest absolute Gasteiger partial charge is 0.398 e. The molecule has 0 saturated carbocycles. The summed E-state index contributed by atoms with van der Waals surface area (Å²) in [4.78, 5) is 10.6. The SMILES string of the molecule is NC(=O)[C@@H](O)c1ccccc1N. The Morgan fingerprint density at radius 1 is 1.42 bits per heavy atom. The minimum absolute atomic E-state index is 0.352. The highest BCUT2D eigenvalue weighted by Gasteiger charge is 2.15. The number of carbonyl (C=O) groups is 1. The average Bonchev–Trinajstić information content (AvgIpc) is 2.04. The molecule has 1 aromatic rings. The lowest BCUT2D eigenvalue weighted by Gasteiger charge is -2.08. The van der Waals surface area contributed by atoms with Crippen LogP contribution in [0.2, 0.25) is 0 Å². The van der Waals surface area contributed by atoms with Crippen molar-refractivity contribution in [1.82, 2.24) is 0 Å². The molecule has 4 nitrogen and oxygen atoms in total. The summed E-state index contributed by atoms with van der Waals surface area (Å²) in [5, 5.41) is 9.22. The van der Waals surface area contributed by atoms with Gasteiger partial charge in [-0.1, -0.05) is 18.2 Å². The number of aliphatic hydroxyl groups is 1. The zero-order valence-corrected chi connectivity index (χ0v) is 6.40. The Labute approximate surface area is 69.8 Å². The molecule has 5 N–H and O–H groups in total. The van der Waals surface area contributed by atoms with E-state index in [0.29, 0.717) is 11.3 Å². The number of benzene rings is 1. The molecule has 0 aliphatic rings. The van der Waals surface area contributed by atoms with Crippen molar-refractivity contribution in [1.29, 1.82) is 0 Å². The molecule has 0 aliphatic heterocycles. The van der Waals surface area contributed by atoms with Crippen LogP contribution in [0.4, 0.5) is 5.69 Å². The molecule has 64 valence electrons. The molecule has 0 aromatic heterocycles. The van der Waals surface area contributed by atoms with Gasteiger partial charge in [-0.2, -0.15) is 0 Å². The Bertz CT molecular complexity index is 299. The number of hydrogen-bond donors (Lipinski definition) is 3. The predicted molar refractivity (Wildman–Crippen MR) is 45.0 cm³/mol. The van der Waals surface area contributed by atoms with Gasteiger partial charge in [-0.3, -0.25) is 4.79 Å². The quantitative estimate of drug-likeness (QED) is 0.531. The van der Waals surface area contributed by atoms with E-state index >= 15 is 0 Å². The lowest BCUT2D eigenvalue weighted by molar-refractivity contribution is -0.126. The van der Waals surface area contributed by atoms with Gasteiger partial charge in [0.15, 0.2) is 6.10 Å². The van der Waals surface area contributed by atoms with Crippen LogP contribution in [-0.2, 0) is 4.79 Å². The van der Waals surface area contributed by atoms with Crippen molar-refractivity contribution in [2.24, 2.45) is 5.73 Å². The van der Waals surface area contributed by atoms with Crippen molar-refractivity contribution < 1.29 is 9.90 Å². The Morgan fingerprint density at radius 3 is 2.50 bits per heavy atom. The van der Waals surface area contributed by atoms with E-state index in [0.717, 1.165) is 0 Å². The van der Waals surface area contributed by atoms with Gasteiger partial charge in [-0.25, -0.2) is 0 Å². The summed E-state index contributed by atoms with van der Waals surface area (Å²) in [6.45, 7) is 0. The van der Waals surface area contributed by atoms with E-state index in [1.54, 1.807) is 24.3 Å². The highest BCUT2D eigenvalue weighted by molar-refractivity contribution is 5.81. The number of aliphatic hydroxyl groups excluding tert-OH is 1. The number of hydrogen-bond acceptors (Lipinski definition) is 3. The van der Waals surface area contributed by atoms with Gasteiger partial charge >= 0.3 is 0 Å². The molecule has 1 amide bonds. The maximum absolute atomic E-state index is 10.6. The van der Waals surface area contributed by atoms with Crippen molar-refractivity contribution in [2.75, 3.05) is 5.73 Å². The van der Waals surface area contributed by atoms with E-state index in [1.165, 1.54) is 0 Å². The second-order valence-electron chi connectivity index (χ2n) is 2.43. The zero-order valence-electron chi connectivity index (χ0n) is 6.40. The third-order valence-corrected chi connectivity index (χ3v) is 1.56. The molecule has 0 radical (unpaired) electrons. The van der Waals surface area contributed by atoms with E-state index < -0.39 is 12.0 Å². The molecule has 12 heavy (non-hydrogen) atoms. The van der Waals surface area contributed by atoms with Crippen molar-refractivity contribution >= 4 is 11.6 Å². The lowest BCUT2D eigenvalue weighted by atomic mass is 10.1. The van der Waals surface area contributed by atoms with Crippen LogP contribution in [0, 0.1) is 0 Å². The van der Waals surface area contributed by atoms with E-state index in [4.69, 9.17) is 11.5 Å². The summed E-state index contributed by atoms with van der Waals surface area (Å²) >= 11 is 0. The molecule has 0 spiro atoms. The summed E-state index contributed by atoms with van der Waals surface area (Å²) < 4.78 is 0. The van der Waals surface area contributed by atoms with Crippen LogP contribution in [0.15, 0.2) is 24.3 Å². The van der Waals surface area contributed by atoms with Crippen LogP contribution in [-0.4, -0.2) is 11.0 Å². The summed E-state index contributed by atoms with van der Waals surface area (Å²) in [5.74, 6) is -0.798. The Hall–Kier alpha value is -1.55. The van der Waals surface area contributed by atoms with Crippen LogP contribution in [0.25, 0.3) is 0 Å². The van der Waals surface area contributed by atoms with E-state index in [2.05, 4.69) is 0 Å². The minimum atomic E-state index is -1.31. The van der Waals surface area contributed by atoms with Crippen LogP contribution in [0.5, 0.6) is 0 Å². The monoisotopic (exact) mass is 166 g/mol. The molecule has 0 aliphatic carbocycles. The van der Waals surface area contributed by atoms with Crippen molar-refractivity contribution in [3.05, 3.63) is 29.8 Å². The van der Waals surface area contributed by atoms with Crippen LogP contribution in [0.3, 0.4) is 0 Å². The van der Waals surface area contributed by atoms with Gasteiger partial charge in [-0.15, -0.1) is 0 Å². The summed E-state index contributed by atoms with van der Waals surface area (Å²) in [7, 11) is 0. The number of nitrogen functional groups attached to an aromatic ring is 1. The first-order chi connectivity index (χ1) is 5.63. The highest BCUT2D eigenvalue weighted by atomic mass is 16.3. The molecular formula is C8H10N2O2. The van der Waals surface area contributed by atoms with Gasteiger partial charge in [0.1, 0.15) is 0 Å². The third kappa shape index (κ3) is 1.54. The van der Waals surface area contributed by atoms with Gasteiger partial charge in [0.2, 0.25) is 0 Å². The lowest BCUT2D eigenvalue weighted by Crippen LogP contribution is -2.21. The molecule has 0 bridgehead atoms. The Kier molecular flexibility index (Phi) is 2.30. The fourth-order valence-electron chi connectivity index (χ4n) is 0.913. The number of primary amides is 1. The second kappa shape index (κ2) is 3.23. The zero-order chi connectivity index (χ0) is 9.14. The molecule has 0 unspecified atom stereocenters. The first-order valence-corrected chi connectivity index (χ1v) is 3.44. The standard InChI is InChI=1S/C8H10N2O2/c9-6-4-2-1-3-5(6)7(11)8(10)12/h1-4,7,11H,9H2,(H2,10,12)/t7-/m0/s1. The molecule has 1 atom stereocenters. The molecule has 1 aromatic carbocycles. The number of para-hydroxylation sites is 1. The topological polar surface area (TPSA) is 89.3 Å².